The fourth-order valence-corrected chi connectivity index (χ4v) is 3.25. The fourth-order valence-electron chi connectivity index (χ4n) is 3.25. The van der Waals surface area contributed by atoms with Gasteiger partial charge in [0.05, 0.1) is 5.52 Å². The molecule has 1 aliphatic heterocycles. The molecule has 0 amide bonds. The van der Waals surface area contributed by atoms with E-state index in [9.17, 15) is 4.79 Å². The quantitative estimate of drug-likeness (QED) is 0.789. The number of aromatic nitrogens is 1. The lowest BCUT2D eigenvalue weighted by atomic mass is 10.0. The van der Waals surface area contributed by atoms with Crippen LogP contribution in [-0.2, 0) is 0 Å². The molecule has 0 atom stereocenters. The Morgan fingerprint density at radius 3 is 2.55 bits per heavy atom. The Labute approximate surface area is 128 Å². The molecule has 2 aromatic carbocycles. The highest BCUT2D eigenvalue weighted by molar-refractivity contribution is 5.80. The molecular weight excluding hydrogens is 276 g/mol. The van der Waals surface area contributed by atoms with Crippen molar-refractivity contribution in [3.05, 3.63) is 59.1 Å². The topological polar surface area (TPSA) is 47.2 Å². The first-order chi connectivity index (χ1) is 10.8. The van der Waals surface area contributed by atoms with Crippen LogP contribution in [0.3, 0.4) is 0 Å². The predicted octanol–water partition coefficient (Wildman–Crippen LogP) is 3.19. The number of oxazole rings is 1. The SMILES string of the molecule is O=c1oc2ccc(-c3ccccc3)cc2n1C1CCNCC1. The van der Waals surface area contributed by atoms with E-state index in [0.29, 0.717) is 5.58 Å². The fraction of sp³-hybridized carbons (Fsp3) is 0.278. The van der Waals surface area contributed by atoms with E-state index in [2.05, 4.69) is 23.5 Å². The van der Waals surface area contributed by atoms with Gasteiger partial charge >= 0.3 is 5.76 Å². The van der Waals surface area contributed by atoms with Crippen LogP contribution < -0.4 is 11.1 Å². The molecule has 4 nitrogen and oxygen atoms in total. The molecule has 4 rings (SSSR count). The molecule has 112 valence electrons. The molecule has 3 aromatic rings. The first-order valence-electron chi connectivity index (χ1n) is 7.74. The van der Waals surface area contributed by atoms with Gasteiger partial charge in [-0.15, -0.1) is 0 Å². The van der Waals surface area contributed by atoms with Crippen LogP contribution in [0.5, 0.6) is 0 Å². The van der Waals surface area contributed by atoms with E-state index in [-0.39, 0.29) is 11.8 Å². The molecule has 1 N–H and O–H groups in total. The minimum Gasteiger partial charge on any atom is -0.408 e. The van der Waals surface area contributed by atoms with Crippen molar-refractivity contribution in [1.29, 1.82) is 0 Å². The molecule has 22 heavy (non-hydrogen) atoms. The number of nitrogens with zero attached hydrogens (tertiary/aromatic N) is 1. The van der Waals surface area contributed by atoms with Gasteiger partial charge in [0.25, 0.3) is 0 Å². The summed E-state index contributed by atoms with van der Waals surface area (Å²) in [5.41, 5.74) is 3.83. The first kappa shape index (κ1) is 13.3. The molecule has 0 aliphatic carbocycles. The zero-order chi connectivity index (χ0) is 14.9. The summed E-state index contributed by atoms with van der Waals surface area (Å²) in [5, 5.41) is 3.34. The van der Waals surface area contributed by atoms with Crippen molar-refractivity contribution >= 4 is 11.1 Å². The lowest BCUT2D eigenvalue weighted by Gasteiger charge is -2.23. The van der Waals surface area contributed by atoms with Gasteiger partial charge in [-0.25, -0.2) is 4.79 Å². The summed E-state index contributed by atoms with van der Waals surface area (Å²) in [7, 11) is 0. The van der Waals surface area contributed by atoms with Crippen LogP contribution in [0.2, 0.25) is 0 Å². The van der Waals surface area contributed by atoms with Crippen LogP contribution in [0.15, 0.2) is 57.7 Å². The van der Waals surface area contributed by atoms with Crippen molar-refractivity contribution in [3.63, 3.8) is 0 Å². The van der Waals surface area contributed by atoms with Gasteiger partial charge in [-0.05, 0) is 49.2 Å². The zero-order valence-electron chi connectivity index (χ0n) is 12.3. The van der Waals surface area contributed by atoms with E-state index >= 15 is 0 Å². The highest BCUT2D eigenvalue weighted by Crippen LogP contribution is 2.27. The van der Waals surface area contributed by atoms with Gasteiger partial charge in [0, 0.05) is 6.04 Å². The van der Waals surface area contributed by atoms with E-state index in [1.165, 1.54) is 0 Å². The minimum atomic E-state index is -0.243. The van der Waals surface area contributed by atoms with Crippen LogP contribution in [0.1, 0.15) is 18.9 Å². The lowest BCUT2D eigenvalue weighted by molar-refractivity contribution is 0.349. The molecule has 0 spiro atoms. The van der Waals surface area contributed by atoms with Gasteiger partial charge in [-0.3, -0.25) is 4.57 Å². The largest absolute Gasteiger partial charge is 0.420 e. The summed E-state index contributed by atoms with van der Waals surface area (Å²) in [6.45, 7) is 1.89. The average molecular weight is 294 g/mol. The molecule has 1 fully saturated rings. The van der Waals surface area contributed by atoms with Crippen LogP contribution >= 0.6 is 0 Å². The van der Waals surface area contributed by atoms with Crippen molar-refractivity contribution in [2.24, 2.45) is 0 Å². The summed E-state index contributed by atoms with van der Waals surface area (Å²) in [5.74, 6) is -0.243. The summed E-state index contributed by atoms with van der Waals surface area (Å²) in [6, 6.07) is 16.4. The maximum atomic E-state index is 12.3. The molecule has 2 heterocycles. The Hall–Kier alpha value is -2.33. The number of benzene rings is 2. The van der Waals surface area contributed by atoms with E-state index in [4.69, 9.17) is 4.42 Å². The Morgan fingerprint density at radius 2 is 1.77 bits per heavy atom. The van der Waals surface area contributed by atoms with Crippen molar-refractivity contribution in [3.8, 4) is 11.1 Å². The number of hydrogen-bond acceptors (Lipinski definition) is 3. The van der Waals surface area contributed by atoms with Gasteiger partial charge in [-0.1, -0.05) is 36.4 Å². The van der Waals surface area contributed by atoms with E-state index in [1.807, 2.05) is 34.9 Å². The third kappa shape index (κ3) is 2.25. The normalized spacial score (nSPS) is 16.2. The zero-order valence-corrected chi connectivity index (χ0v) is 12.3. The van der Waals surface area contributed by atoms with Crippen LogP contribution in [0.4, 0.5) is 0 Å². The van der Waals surface area contributed by atoms with Gasteiger partial charge in [0.2, 0.25) is 0 Å². The van der Waals surface area contributed by atoms with Gasteiger partial charge < -0.3 is 9.73 Å². The first-order valence-corrected chi connectivity index (χ1v) is 7.74. The van der Waals surface area contributed by atoms with Crippen molar-refractivity contribution in [2.45, 2.75) is 18.9 Å². The van der Waals surface area contributed by atoms with E-state index in [0.717, 1.165) is 42.6 Å². The molecule has 1 aliphatic rings. The third-order valence-electron chi connectivity index (χ3n) is 4.39. The molecule has 1 saturated heterocycles. The van der Waals surface area contributed by atoms with Crippen molar-refractivity contribution < 1.29 is 4.42 Å². The van der Waals surface area contributed by atoms with E-state index in [1.54, 1.807) is 0 Å². The Bertz CT molecular complexity index is 842. The van der Waals surface area contributed by atoms with E-state index < -0.39 is 0 Å². The number of hydrogen-bond donors (Lipinski definition) is 1. The smallest absolute Gasteiger partial charge is 0.408 e. The second-order valence-corrected chi connectivity index (χ2v) is 5.77. The lowest BCUT2D eigenvalue weighted by Crippen LogP contribution is -2.32. The number of piperidine rings is 1. The van der Waals surface area contributed by atoms with Crippen molar-refractivity contribution in [1.82, 2.24) is 9.88 Å². The highest BCUT2D eigenvalue weighted by atomic mass is 16.4. The molecular formula is C18H18N2O2. The predicted molar refractivity (Wildman–Crippen MR) is 87.1 cm³/mol. The number of fused-ring (bicyclic) bond motifs is 1. The maximum Gasteiger partial charge on any atom is 0.420 e. The van der Waals surface area contributed by atoms with Crippen molar-refractivity contribution in [2.75, 3.05) is 13.1 Å². The Balaban J connectivity index is 1.86. The Morgan fingerprint density at radius 1 is 1.00 bits per heavy atom. The highest BCUT2D eigenvalue weighted by Gasteiger charge is 2.21. The van der Waals surface area contributed by atoms with Crippen LogP contribution in [-0.4, -0.2) is 17.7 Å². The molecule has 4 heteroatoms. The maximum absolute atomic E-state index is 12.3. The average Bonchev–Trinajstić information content (AvgIpc) is 2.91. The molecule has 0 bridgehead atoms. The monoisotopic (exact) mass is 294 g/mol. The summed E-state index contributed by atoms with van der Waals surface area (Å²) >= 11 is 0. The molecule has 1 aromatic heterocycles. The standard InChI is InChI=1S/C18H18N2O2/c21-18-20(15-8-10-19-11-9-15)16-12-14(6-7-17(16)22-18)13-4-2-1-3-5-13/h1-7,12,15,19H,8-11H2. The molecule has 0 unspecified atom stereocenters. The summed E-state index contributed by atoms with van der Waals surface area (Å²) in [6.07, 6.45) is 1.92. The van der Waals surface area contributed by atoms with Gasteiger partial charge in [0.15, 0.2) is 5.58 Å². The second-order valence-electron chi connectivity index (χ2n) is 5.77. The van der Waals surface area contributed by atoms with Crippen LogP contribution in [0, 0.1) is 0 Å². The summed E-state index contributed by atoms with van der Waals surface area (Å²) < 4.78 is 7.27. The van der Waals surface area contributed by atoms with Crippen LogP contribution in [0.25, 0.3) is 22.2 Å². The second kappa shape index (κ2) is 5.46. The van der Waals surface area contributed by atoms with Gasteiger partial charge in [0.1, 0.15) is 0 Å². The molecule has 0 saturated carbocycles. The Kier molecular flexibility index (Phi) is 3.31. The number of rotatable bonds is 2. The minimum absolute atomic E-state index is 0.223. The van der Waals surface area contributed by atoms with Gasteiger partial charge in [-0.2, -0.15) is 0 Å². The number of nitrogens with one attached hydrogen (secondary N) is 1. The third-order valence-corrected chi connectivity index (χ3v) is 4.39. The summed E-state index contributed by atoms with van der Waals surface area (Å²) in [4.78, 5) is 12.3. The molecule has 0 radical (unpaired) electrons.